The van der Waals surface area contributed by atoms with Gasteiger partial charge >= 0.3 is 6.09 Å². The summed E-state index contributed by atoms with van der Waals surface area (Å²) < 4.78 is 5.17. The number of hydrogen-bond acceptors (Lipinski definition) is 3. The number of ether oxygens (including phenoxy) is 1. The van der Waals surface area contributed by atoms with Crippen LogP contribution in [-0.2, 0) is 16.1 Å². The van der Waals surface area contributed by atoms with E-state index in [9.17, 15) is 9.59 Å². The predicted molar refractivity (Wildman–Crippen MR) is 83.7 cm³/mol. The van der Waals surface area contributed by atoms with Gasteiger partial charge in [0.1, 0.15) is 6.61 Å². The zero-order valence-corrected chi connectivity index (χ0v) is 12.1. The average molecular weight is 296 g/mol. The van der Waals surface area contributed by atoms with Crippen molar-refractivity contribution in [2.45, 2.75) is 19.4 Å². The molecule has 1 atom stereocenters. The zero-order valence-electron chi connectivity index (χ0n) is 12.1. The maximum atomic E-state index is 11.8. The van der Waals surface area contributed by atoms with Gasteiger partial charge in [0.25, 0.3) is 0 Å². The number of amides is 2. The quantitative estimate of drug-likeness (QED) is 0.911. The molecule has 112 valence electrons. The lowest BCUT2D eigenvalue weighted by Crippen LogP contribution is -2.13. The summed E-state index contributed by atoms with van der Waals surface area (Å²) in [5.74, 6) is -0.240. The molecule has 0 fully saturated rings. The van der Waals surface area contributed by atoms with E-state index in [2.05, 4.69) is 10.6 Å². The highest BCUT2D eigenvalue weighted by Gasteiger charge is 2.26. The topological polar surface area (TPSA) is 67.4 Å². The van der Waals surface area contributed by atoms with E-state index in [-0.39, 0.29) is 18.4 Å². The minimum atomic E-state index is -0.520. The molecule has 0 radical (unpaired) electrons. The maximum Gasteiger partial charge on any atom is 0.411 e. The van der Waals surface area contributed by atoms with Gasteiger partial charge in [-0.2, -0.15) is 0 Å². The van der Waals surface area contributed by atoms with Crippen LogP contribution < -0.4 is 10.6 Å². The van der Waals surface area contributed by atoms with Crippen molar-refractivity contribution in [3.63, 3.8) is 0 Å². The first-order valence-electron chi connectivity index (χ1n) is 7.06. The number of hydrogen-bond donors (Lipinski definition) is 2. The van der Waals surface area contributed by atoms with Gasteiger partial charge in [-0.1, -0.05) is 30.3 Å². The molecule has 5 heteroatoms. The second-order valence-corrected chi connectivity index (χ2v) is 5.20. The summed E-state index contributed by atoms with van der Waals surface area (Å²) in [5, 5.41) is 5.47. The van der Waals surface area contributed by atoms with Crippen molar-refractivity contribution in [1.29, 1.82) is 0 Å². The van der Waals surface area contributed by atoms with Crippen molar-refractivity contribution in [3.05, 3.63) is 59.7 Å². The Morgan fingerprint density at radius 2 is 2.00 bits per heavy atom. The fourth-order valence-electron chi connectivity index (χ4n) is 2.37. The number of carbonyl (C=O) groups is 2. The highest BCUT2D eigenvalue weighted by Crippen LogP contribution is 2.33. The second-order valence-electron chi connectivity index (χ2n) is 5.20. The molecule has 0 bridgehead atoms. The van der Waals surface area contributed by atoms with Gasteiger partial charge in [0.15, 0.2) is 0 Å². The van der Waals surface area contributed by atoms with Gasteiger partial charge in [-0.25, -0.2) is 4.79 Å². The van der Waals surface area contributed by atoms with Gasteiger partial charge < -0.3 is 10.1 Å². The Morgan fingerprint density at radius 1 is 1.23 bits per heavy atom. The lowest BCUT2D eigenvalue weighted by molar-refractivity contribution is -0.116. The molecule has 1 aliphatic rings. The predicted octanol–water partition coefficient (Wildman–Crippen LogP) is 3.49. The third kappa shape index (κ3) is 2.93. The van der Waals surface area contributed by atoms with Crippen LogP contribution in [-0.4, -0.2) is 12.0 Å². The number of fused-ring (bicyclic) bond motifs is 1. The van der Waals surface area contributed by atoms with Gasteiger partial charge in [0.05, 0.1) is 5.92 Å². The van der Waals surface area contributed by atoms with E-state index in [1.165, 1.54) is 0 Å². The molecule has 0 aromatic heterocycles. The Bertz CT molecular complexity index is 713. The third-order valence-electron chi connectivity index (χ3n) is 3.63. The molecule has 0 aliphatic carbocycles. The van der Waals surface area contributed by atoms with Gasteiger partial charge in [-0.3, -0.25) is 10.1 Å². The van der Waals surface area contributed by atoms with E-state index in [1.54, 1.807) is 18.2 Å². The number of nitrogens with one attached hydrogen (secondary N) is 2. The highest BCUT2D eigenvalue weighted by molar-refractivity contribution is 6.03. The molecule has 2 N–H and O–H groups in total. The number of carbonyl (C=O) groups excluding carboxylic acids is 2. The molecule has 1 heterocycles. The Hall–Kier alpha value is -2.82. The van der Waals surface area contributed by atoms with Crippen molar-refractivity contribution >= 4 is 23.4 Å². The summed E-state index contributed by atoms with van der Waals surface area (Å²) in [5.41, 5.74) is 3.21. The first-order chi connectivity index (χ1) is 10.6. The van der Waals surface area contributed by atoms with Gasteiger partial charge in [0, 0.05) is 11.4 Å². The molecule has 22 heavy (non-hydrogen) atoms. The summed E-state index contributed by atoms with van der Waals surface area (Å²) in [6, 6.07) is 14.8. The molecule has 2 aromatic rings. The van der Waals surface area contributed by atoms with Gasteiger partial charge in [-0.05, 0) is 36.2 Å². The normalized spacial score (nSPS) is 15.9. The molecule has 1 unspecified atom stereocenters. The van der Waals surface area contributed by atoms with E-state index in [0.717, 1.165) is 16.8 Å². The van der Waals surface area contributed by atoms with Crippen LogP contribution in [0.1, 0.15) is 24.0 Å². The van der Waals surface area contributed by atoms with Crippen molar-refractivity contribution in [1.82, 2.24) is 0 Å². The van der Waals surface area contributed by atoms with Crippen molar-refractivity contribution < 1.29 is 14.3 Å². The number of benzene rings is 2. The van der Waals surface area contributed by atoms with Crippen molar-refractivity contribution in [2.75, 3.05) is 10.6 Å². The third-order valence-corrected chi connectivity index (χ3v) is 3.63. The van der Waals surface area contributed by atoms with Crippen LogP contribution >= 0.6 is 0 Å². The number of anilines is 2. The largest absolute Gasteiger partial charge is 0.444 e. The smallest absolute Gasteiger partial charge is 0.411 e. The summed E-state index contributed by atoms with van der Waals surface area (Å²) in [6.45, 7) is 2.05. The Morgan fingerprint density at radius 3 is 2.77 bits per heavy atom. The van der Waals surface area contributed by atoms with E-state index < -0.39 is 6.09 Å². The van der Waals surface area contributed by atoms with E-state index in [0.29, 0.717) is 5.69 Å². The summed E-state index contributed by atoms with van der Waals surface area (Å²) >= 11 is 0. The lowest BCUT2D eigenvalue weighted by atomic mass is 10.0. The van der Waals surface area contributed by atoms with Crippen molar-refractivity contribution in [2.24, 2.45) is 0 Å². The summed E-state index contributed by atoms with van der Waals surface area (Å²) in [4.78, 5) is 23.4. The summed E-state index contributed by atoms with van der Waals surface area (Å²) in [6.07, 6.45) is -0.520. The molecular weight excluding hydrogens is 280 g/mol. The Kier molecular flexibility index (Phi) is 3.78. The Labute approximate surface area is 128 Å². The van der Waals surface area contributed by atoms with E-state index in [4.69, 9.17) is 4.74 Å². The summed E-state index contributed by atoms with van der Waals surface area (Å²) in [7, 11) is 0. The molecule has 2 aromatic carbocycles. The fraction of sp³-hybridized carbons (Fsp3) is 0.176. The SMILES string of the molecule is CC1C(=O)Nc2ccc(NC(=O)OCc3ccccc3)cc21. The first kappa shape index (κ1) is 14.1. The van der Waals surface area contributed by atoms with Crippen LogP contribution in [0.2, 0.25) is 0 Å². The molecule has 0 spiro atoms. The van der Waals surface area contributed by atoms with Crippen LogP contribution in [0, 0.1) is 0 Å². The monoisotopic (exact) mass is 296 g/mol. The highest BCUT2D eigenvalue weighted by atomic mass is 16.5. The molecule has 0 saturated carbocycles. The minimum Gasteiger partial charge on any atom is -0.444 e. The molecular formula is C17H16N2O3. The van der Waals surface area contributed by atoms with Gasteiger partial charge in [-0.15, -0.1) is 0 Å². The van der Waals surface area contributed by atoms with Crippen LogP contribution in [0.15, 0.2) is 48.5 Å². The van der Waals surface area contributed by atoms with E-state index in [1.807, 2.05) is 37.3 Å². The lowest BCUT2D eigenvalue weighted by Gasteiger charge is -2.09. The average Bonchev–Trinajstić information content (AvgIpc) is 2.81. The minimum absolute atomic E-state index is 0.0289. The van der Waals surface area contributed by atoms with Crippen molar-refractivity contribution in [3.8, 4) is 0 Å². The zero-order chi connectivity index (χ0) is 15.5. The van der Waals surface area contributed by atoms with Gasteiger partial charge in [0.2, 0.25) is 5.91 Å². The fourth-order valence-corrected chi connectivity index (χ4v) is 2.37. The van der Waals surface area contributed by atoms with Crippen LogP contribution in [0.5, 0.6) is 0 Å². The van der Waals surface area contributed by atoms with Crippen LogP contribution in [0.25, 0.3) is 0 Å². The Balaban J connectivity index is 1.62. The van der Waals surface area contributed by atoms with Crippen LogP contribution in [0.3, 0.4) is 0 Å². The number of rotatable bonds is 3. The second kappa shape index (κ2) is 5.89. The molecule has 5 nitrogen and oxygen atoms in total. The maximum absolute atomic E-state index is 11.8. The molecule has 3 rings (SSSR count). The first-order valence-corrected chi connectivity index (χ1v) is 7.06. The molecule has 1 aliphatic heterocycles. The standard InChI is InChI=1S/C17H16N2O3/c1-11-14-9-13(7-8-15(14)19-16(11)20)18-17(21)22-10-12-5-3-2-4-6-12/h2-9,11H,10H2,1H3,(H,18,21)(H,19,20). The van der Waals surface area contributed by atoms with E-state index >= 15 is 0 Å². The van der Waals surface area contributed by atoms with Crippen LogP contribution in [0.4, 0.5) is 16.2 Å². The molecule has 0 saturated heterocycles. The molecule has 2 amide bonds.